The first-order valence-electron chi connectivity index (χ1n) is 7.21. The quantitative estimate of drug-likeness (QED) is 0.701. The van der Waals surface area contributed by atoms with Crippen LogP contribution in [0, 0.1) is 46.8 Å². The molecule has 0 saturated heterocycles. The van der Waals surface area contributed by atoms with Crippen LogP contribution in [0.15, 0.2) is 0 Å². The summed E-state index contributed by atoms with van der Waals surface area (Å²) in [5.74, 6) is 5.08. The lowest BCUT2D eigenvalue weighted by Crippen LogP contribution is -2.47. The summed E-state index contributed by atoms with van der Waals surface area (Å²) in [6, 6.07) is 2.63. The SMILES string of the molecule is CCCC(C#N)C1C2CC3CC(C2)CC1C3. The normalized spacial score (nSPS) is 46.6. The Balaban J connectivity index is 1.78. The minimum Gasteiger partial charge on any atom is -0.198 e. The molecule has 16 heavy (non-hydrogen) atoms. The molecule has 0 aromatic heterocycles. The summed E-state index contributed by atoms with van der Waals surface area (Å²) in [5.41, 5.74) is 0. The van der Waals surface area contributed by atoms with Gasteiger partial charge in [0.2, 0.25) is 0 Å². The molecule has 1 unspecified atom stereocenters. The molecule has 1 atom stereocenters. The van der Waals surface area contributed by atoms with E-state index >= 15 is 0 Å². The Hall–Kier alpha value is -0.510. The Labute approximate surface area is 99.2 Å². The van der Waals surface area contributed by atoms with E-state index in [9.17, 15) is 5.26 Å². The summed E-state index contributed by atoms with van der Waals surface area (Å²) in [4.78, 5) is 0. The van der Waals surface area contributed by atoms with Crippen molar-refractivity contribution in [1.29, 1.82) is 5.26 Å². The standard InChI is InChI=1S/C15H23N/c1-2-3-12(9-16)15-13-5-10-4-11(7-13)8-14(15)6-10/h10-15H,2-8H2,1H3. The van der Waals surface area contributed by atoms with Gasteiger partial charge in [0, 0.05) is 5.92 Å². The highest BCUT2D eigenvalue weighted by molar-refractivity contribution is 5.03. The van der Waals surface area contributed by atoms with Gasteiger partial charge in [-0.3, -0.25) is 0 Å². The molecule has 0 spiro atoms. The van der Waals surface area contributed by atoms with Crippen molar-refractivity contribution < 1.29 is 0 Å². The van der Waals surface area contributed by atoms with Gasteiger partial charge in [0.25, 0.3) is 0 Å². The van der Waals surface area contributed by atoms with E-state index in [1.54, 1.807) is 0 Å². The Morgan fingerprint density at radius 3 is 2.06 bits per heavy atom. The van der Waals surface area contributed by atoms with Crippen molar-refractivity contribution in [3.63, 3.8) is 0 Å². The van der Waals surface area contributed by atoms with E-state index in [-0.39, 0.29) is 0 Å². The highest BCUT2D eigenvalue weighted by Crippen LogP contribution is 2.58. The van der Waals surface area contributed by atoms with Gasteiger partial charge in [-0.15, -0.1) is 0 Å². The molecule has 0 N–H and O–H groups in total. The van der Waals surface area contributed by atoms with Gasteiger partial charge in [-0.25, -0.2) is 0 Å². The smallest absolute Gasteiger partial charge is 0.0658 e. The highest BCUT2D eigenvalue weighted by Gasteiger charge is 2.50. The molecule has 0 radical (unpaired) electrons. The number of hydrogen-bond acceptors (Lipinski definition) is 1. The summed E-state index contributed by atoms with van der Waals surface area (Å²) in [6.07, 6.45) is 9.67. The van der Waals surface area contributed by atoms with E-state index in [0.29, 0.717) is 5.92 Å². The Kier molecular flexibility index (Phi) is 2.70. The molecule has 88 valence electrons. The molecule has 0 aromatic rings. The fourth-order valence-electron chi connectivity index (χ4n) is 5.28. The summed E-state index contributed by atoms with van der Waals surface area (Å²) in [7, 11) is 0. The number of nitriles is 1. The van der Waals surface area contributed by atoms with Crippen molar-refractivity contribution in [1.82, 2.24) is 0 Å². The van der Waals surface area contributed by atoms with Gasteiger partial charge in [-0.05, 0) is 68.1 Å². The van der Waals surface area contributed by atoms with Gasteiger partial charge in [0.15, 0.2) is 0 Å². The third-order valence-electron chi connectivity index (χ3n) is 5.53. The molecular formula is C15H23N. The van der Waals surface area contributed by atoms with Crippen molar-refractivity contribution in [2.24, 2.45) is 35.5 Å². The fourth-order valence-corrected chi connectivity index (χ4v) is 5.28. The fraction of sp³-hybridized carbons (Fsp3) is 0.933. The van der Waals surface area contributed by atoms with Crippen LogP contribution < -0.4 is 0 Å². The lowest BCUT2D eigenvalue weighted by atomic mass is 9.49. The molecule has 0 aliphatic heterocycles. The van der Waals surface area contributed by atoms with Crippen molar-refractivity contribution in [2.75, 3.05) is 0 Å². The van der Waals surface area contributed by atoms with Crippen LogP contribution in [-0.4, -0.2) is 0 Å². The zero-order valence-corrected chi connectivity index (χ0v) is 10.4. The molecule has 0 amide bonds. The topological polar surface area (TPSA) is 23.8 Å². The van der Waals surface area contributed by atoms with E-state index in [4.69, 9.17) is 0 Å². The molecular weight excluding hydrogens is 194 g/mol. The van der Waals surface area contributed by atoms with E-state index in [1.807, 2.05) is 0 Å². The predicted molar refractivity (Wildman–Crippen MR) is 64.5 cm³/mol. The summed E-state index contributed by atoms with van der Waals surface area (Å²) in [6.45, 7) is 2.22. The highest BCUT2D eigenvalue weighted by atomic mass is 14.5. The zero-order valence-electron chi connectivity index (χ0n) is 10.4. The average molecular weight is 217 g/mol. The van der Waals surface area contributed by atoms with Gasteiger partial charge >= 0.3 is 0 Å². The van der Waals surface area contributed by atoms with Crippen LogP contribution in [0.2, 0.25) is 0 Å². The second-order valence-electron chi connectivity index (χ2n) is 6.53. The minimum absolute atomic E-state index is 0.375. The van der Waals surface area contributed by atoms with E-state index < -0.39 is 0 Å². The predicted octanol–water partition coefficient (Wildman–Crippen LogP) is 4.00. The number of nitrogens with zero attached hydrogens (tertiary/aromatic N) is 1. The Bertz CT molecular complexity index is 273. The van der Waals surface area contributed by atoms with E-state index in [2.05, 4.69) is 13.0 Å². The van der Waals surface area contributed by atoms with Gasteiger partial charge in [0.1, 0.15) is 0 Å². The van der Waals surface area contributed by atoms with Crippen LogP contribution in [0.1, 0.15) is 51.9 Å². The molecule has 4 bridgehead atoms. The molecule has 4 rings (SSSR count). The van der Waals surface area contributed by atoms with Crippen LogP contribution in [0.25, 0.3) is 0 Å². The lowest BCUT2D eigenvalue weighted by Gasteiger charge is -2.55. The molecule has 0 heterocycles. The van der Waals surface area contributed by atoms with Crippen LogP contribution in [0.3, 0.4) is 0 Å². The van der Waals surface area contributed by atoms with Crippen LogP contribution in [-0.2, 0) is 0 Å². The van der Waals surface area contributed by atoms with Crippen molar-refractivity contribution in [2.45, 2.75) is 51.9 Å². The first-order valence-corrected chi connectivity index (χ1v) is 7.21. The third-order valence-corrected chi connectivity index (χ3v) is 5.53. The van der Waals surface area contributed by atoms with E-state index in [1.165, 1.54) is 38.5 Å². The first kappa shape index (κ1) is 10.6. The maximum absolute atomic E-state index is 9.39. The zero-order chi connectivity index (χ0) is 11.1. The largest absolute Gasteiger partial charge is 0.198 e. The minimum atomic E-state index is 0.375. The number of rotatable bonds is 3. The van der Waals surface area contributed by atoms with Crippen LogP contribution >= 0.6 is 0 Å². The maximum atomic E-state index is 9.39. The summed E-state index contributed by atoms with van der Waals surface area (Å²) in [5, 5.41) is 9.39. The molecule has 1 nitrogen and oxygen atoms in total. The third kappa shape index (κ3) is 1.58. The average Bonchev–Trinajstić information content (AvgIpc) is 2.26. The van der Waals surface area contributed by atoms with Gasteiger partial charge < -0.3 is 0 Å². The second-order valence-corrected chi connectivity index (χ2v) is 6.53. The first-order chi connectivity index (χ1) is 7.81. The molecule has 4 aliphatic rings. The van der Waals surface area contributed by atoms with E-state index in [0.717, 1.165) is 36.0 Å². The molecule has 0 aromatic carbocycles. The summed E-state index contributed by atoms with van der Waals surface area (Å²) >= 11 is 0. The second kappa shape index (κ2) is 4.06. The molecule has 4 fully saturated rings. The van der Waals surface area contributed by atoms with Crippen LogP contribution in [0.4, 0.5) is 0 Å². The van der Waals surface area contributed by atoms with Gasteiger partial charge in [0.05, 0.1) is 6.07 Å². The lowest BCUT2D eigenvalue weighted by molar-refractivity contribution is -0.0534. The maximum Gasteiger partial charge on any atom is 0.0658 e. The number of hydrogen-bond donors (Lipinski definition) is 0. The van der Waals surface area contributed by atoms with Crippen molar-refractivity contribution in [3.05, 3.63) is 0 Å². The molecule has 4 saturated carbocycles. The van der Waals surface area contributed by atoms with Crippen LogP contribution in [0.5, 0.6) is 0 Å². The van der Waals surface area contributed by atoms with Crippen molar-refractivity contribution in [3.8, 4) is 6.07 Å². The van der Waals surface area contributed by atoms with Gasteiger partial charge in [-0.2, -0.15) is 5.26 Å². The Morgan fingerprint density at radius 1 is 1.06 bits per heavy atom. The summed E-state index contributed by atoms with van der Waals surface area (Å²) < 4.78 is 0. The van der Waals surface area contributed by atoms with Crippen molar-refractivity contribution >= 4 is 0 Å². The molecule has 4 aliphatic carbocycles. The Morgan fingerprint density at radius 2 is 1.62 bits per heavy atom. The van der Waals surface area contributed by atoms with Gasteiger partial charge in [-0.1, -0.05) is 13.3 Å². The molecule has 1 heteroatoms. The monoisotopic (exact) mass is 217 g/mol.